The zero-order valence-electron chi connectivity index (χ0n) is 11.0. The van der Waals surface area contributed by atoms with E-state index >= 15 is 0 Å². The number of carboxylic acid groups (broad SMARTS) is 1. The molecule has 0 saturated carbocycles. The number of ether oxygens (including phenoxy) is 1. The van der Waals surface area contributed by atoms with Crippen LogP contribution in [0.1, 0.15) is 27.2 Å². The second-order valence-electron chi connectivity index (χ2n) is 4.33. The lowest BCUT2D eigenvalue weighted by molar-refractivity contribution is 0.0697. The number of aromatic carboxylic acids is 1. The molecule has 0 aliphatic heterocycles. The second-order valence-corrected chi connectivity index (χ2v) is 4.33. The van der Waals surface area contributed by atoms with Crippen LogP contribution in [0, 0.1) is 25.2 Å². The Morgan fingerprint density at radius 1 is 1.30 bits per heavy atom. The van der Waals surface area contributed by atoms with Crippen molar-refractivity contribution in [3.05, 3.63) is 52.7 Å². The molecule has 0 aliphatic carbocycles. The maximum atomic E-state index is 10.9. The van der Waals surface area contributed by atoms with Crippen molar-refractivity contribution >= 4 is 5.97 Å². The molecule has 1 N–H and O–H groups in total. The summed E-state index contributed by atoms with van der Waals surface area (Å²) in [7, 11) is 0. The summed E-state index contributed by atoms with van der Waals surface area (Å²) in [6, 6.07) is 9.80. The minimum Gasteiger partial charge on any atom is -0.478 e. The number of rotatable bonds is 3. The number of carbonyl (C=O) groups is 1. The van der Waals surface area contributed by atoms with Crippen molar-refractivity contribution in [3.63, 3.8) is 0 Å². The first-order valence-corrected chi connectivity index (χ1v) is 5.90. The summed E-state index contributed by atoms with van der Waals surface area (Å²) in [5.74, 6) is -0.162. The molecule has 2 rings (SSSR count). The third kappa shape index (κ3) is 2.93. The Bertz CT molecular complexity index is 718. The number of aromatic nitrogens is 1. The molecule has 0 radical (unpaired) electrons. The maximum Gasteiger partial charge on any atom is 0.335 e. The van der Waals surface area contributed by atoms with Gasteiger partial charge in [0, 0.05) is 11.8 Å². The highest BCUT2D eigenvalue weighted by atomic mass is 16.5. The fourth-order valence-corrected chi connectivity index (χ4v) is 1.76. The normalized spacial score (nSPS) is 9.85. The third-order valence-electron chi connectivity index (χ3n) is 2.70. The first-order valence-electron chi connectivity index (χ1n) is 5.90. The summed E-state index contributed by atoms with van der Waals surface area (Å²) in [6.45, 7) is 3.52. The lowest BCUT2D eigenvalue weighted by Crippen LogP contribution is -1.98. The Kier molecular flexibility index (Phi) is 3.67. The van der Waals surface area contributed by atoms with Gasteiger partial charge in [0.25, 0.3) is 0 Å². The minimum absolute atomic E-state index is 0.199. The molecule has 1 aromatic heterocycles. The van der Waals surface area contributed by atoms with Crippen molar-refractivity contribution in [1.29, 1.82) is 5.26 Å². The van der Waals surface area contributed by atoms with Gasteiger partial charge in [0.05, 0.1) is 17.2 Å². The zero-order valence-corrected chi connectivity index (χ0v) is 11.0. The molecule has 0 fully saturated rings. The first-order chi connectivity index (χ1) is 9.49. The van der Waals surface area contributed by atoms with Crippen LogP contribution in [0.25, 0.3) is 0 Å². The van der Waals surface area contributed by atoms with Gasteiger partial charge in [-0.2, -0.15) is 5.26 Å². The van der Waals surface area contributed by atoms with Gasteiger partial charge in [0.1, 0.15) is 5.75 Å². The van der Waals surface area contributed by atoms with Crippen LogP contribution in [0.2, 0.25) is 0 Å². The summed E-state index contributed by atoms with van der Waals surface area (Å²) >= 11 is 0. The van der Waals surface area contributed by atoms with Gasteiger partial charge in [-0.05, 0) is 43.7 Å². The van der Waals surface area contributed by atoms with Gasteiger partial charge >= 0.3 is 5.97 Å². The van der Waals surface area contributed by atoms with Crippen LogP contribution >= 0.6 is 0 Å². The van der Waals surface area contributed by atoms with E-state index in [1.54, 1.807) is 26.0 Å². The number of carboxylic acids is 1. The number of pyridine rings is 1. The van der Waals surface area contributed by atoms with Crippen LogP contribution in [0.5, 0.6) is 11.6 Å². The van der Waals surface area contributed by atoms with E-state index < -0.39 is 5.97 Å². The molecule has 2 aromatic rings. The number of nitrogens with zero attached hydrogens (tertiary/aromatic N) is 2. The van der Waals surface area contributed by atoms with Crippen molar-refractivity contribution in [2.75, 3.05) is 0 Å². The van der Waals surface area contributed by atoms with E-state index in [4.69, 9.17) is 15.1 Å². The van der Waals surface area contributed by atoms with E-state index in [2.05, 4.69) is 4.98 Å². The lowest BCUT2D eigenvalue weighted by atomic mass is 10.1. The largest absolute Gasteiger partial charge is 0.478 e. The van der Waals surface area contributed by atoms with E-state index in [1.165, 1.54) is 18.2 Å². The summed E-state index contributed by atoms with van der Waals surface area (Å²) in [6.07, 6.45) is 0. The molecule has 1 aromatic carbocycles. The predicted octanol–water partition coefficient (Wildman–Crippen LogP) is 3.06. The molecule has 0 amide bonds. The van der Waals surface area contributed by atoms with Crippen LogP contribution in [-0.4, -0.2) is 16.1 Å². The minimum atomic E-state index is -0.986. The van der Waals surface area contributed by atoms with Crippen LogP contribution in [0.3, 0.4) is 0 Å². The molecule has 0 bridgehead atoms. The number of hydrogen-bond donors (Lipinski definition) is 1. The van der Waals surface area contributed by atoms with Crippen LogP contribution < -0.4 is 4.74 Å². The SMILES string of the molecule is Cc1cc(C#N)cc(Oc2ccc(C(=O)O)cc2C)n1. The molecule has 0 spiro atoms. The van der Waals surface area contributed by atoms with E-state index in [-0.39, 0.29) is 5.56 Å². The predicted molar refractivity (Wildman–Crippen MR) is 71.9 cm³/mol. The Hall–Kier alpha value is -2.87. The summed E-state index contributed by atoms with van der Waals surface area (Å²) in [4.78, 5) is 15.0. The fraction of sp³-hybridized carbons (Fsp3) is 0.133. The van der Waals surface area contributed by atoms with Crippen molar-refractivity contribution < 1.29 is 14.6 Å². The molecule has 5 heteroatoms. The topological polar surface area (TPSA) is 83.2 Å². The highest BCUT2D eigenvalue weighted by molar-refractivity contribution is 5.88. The van der Waals surface area contributed by atoms with Gasteiger partial charge in [0.2, 0.25) is 5.88 Å². The summed E-state index contributed by atoms with van der Waals surface area (Å²) in [5.41, 5.74) is 2.03. The van der Waals surface area contributed by atoms with E-state index in [9.17, 15) is 4.79 Å². The molecule has 0 aliphatic rings. The molecule has 1 heterocycles. The average Bonchev–Trinajstić information content (AvgIpc) is 2.40. The molecular formula is C15H12N2O3. The molecule has 0 unspecified atom stereocenters. The van der Waals surface area contributed by atoms with Crippen LogP contribution in [0.15, 0.2) is 30.3 Å². The molecule has 20 heavy (non-hydrogen) atoms. The second kappa shape index (κ2) is 5.41. The van der Waals surface area contributed by atoms with Crippen molar-refractivity contribution in [2.24, 2.45) is 0 Å². The van der Waals surface area contributed by atoms with Crippen molar-refractivity contribution in [3.8, 4) is 17.7 Å². The zero-order chi connectivity index (χ0) is 14.7. The van der Waals surface area contributed by atoms with Gasteiger partial charge in [0.15, 0.2) is 0 Å². The van der Waals surface area contributed by atoms with E-state index in [1.807, 2.05) is 6.07 Å². The molecule has 5 nitrogen and oxygen atoms in total. The number of nitriles is 1. The van der Waals surface area contributed by atoms with Crippen molar-refractivity contribution in [2.45, 2.75) is 13.8 Å². The Morgan fingerprint density at radius 3 is 2.65 bits per heavy atom. The lowest BCUT2D eigenvalue weighted by Gasteiger charge is -2.09. The standard InChI is InChI=1S/C15H12N2O3/c1-9-5-12(15(18)19)3-4-13(9)20-14-7-11(8-16)6-10(2)17-14/h3-7H,1-2H3,(H,18,19). The van der Waals surface area contributed by atoms with Gasteiger partial charge in [-0.15, -0.1) is 0 Å². The fourth-order valence-electron chi connectivity index (χ4n) is 1.76. The highest BCUT2D eigenvalue weighted by Gasteiger charge is 2.08. The number of hydrogen-bond acceptors (Lipinski definition) is 4. The molecule has 0 saturated heterocycles. The Balaban J connectivity index is 2.33. The summed E-state index contributed by atoms with van der Waals surface area (Å²) < 4.78 is 5.61. The van der Waals surface area contributed by atoms with Gasteiger partial charge < -0.3 is 9.84 Å². The van der Waals surface area contributed by atoms with Crippen LogP contribution in [0.4, 0.5) is 0 Å². The smallest absolute Gasteiger partial charge is 0.335 e. The van der Waals surface area contributed by atoms with Gasteiger partial charge in [-0.25, -0.2) is 9.78 Å². The molecular weight excluding hydrogens is 256 g/mol. The average molecular weight is 268 g/mol. The summed E-state index contributed by atoms with van der Waals surface area (Å²) in [5, 5.41) is 17.8. The molecule has 0 atom stereocenters. The van der Waals surface area contributed by atoms with Gasteiger partial charge in [-0.1, -0.05) is 0 Å². The highest BCUT2D eigenvalue weighted by Crippen LogP contribution is 2.25. The van der Waals surface area contributed by atoms with Crippen molar-refractivity contribution in [1.82, 2.24) is 4.98 Å². The first kappa shape index (κ1) is 13.6. The Morgan fingerprint density at radius 2 is 2.05 bits per heavy atom. The molecule has 100 valence electrons. The van der Waals surface area contributed by atoms with Gasteiger partial charge in [-0.3, -0.25) is 0 Å². The Labute approximate surface area is 116 Å². The monoisotopic (exact) mass is 268 g/mol. The van der Waals surface area contributed by atoms with Crippen LogP contribution in [-0.2, 0) is 0 Å². The maximum absolute atomic E-state index is 10.9. The van der Waals surface area contributed by atoms with E-state index in [0.29, 0.717) is 28.5 Å². The third-order valence-corrected chi connectivity index (χ3v) is 2.70. The van der Waals surface area contributed by atoms with E-state index in [0.717, 1.165) is 0 Å². The number of aryl methyl sites for hydroxylation is 2. The number of benzene rings is 1. The quantitative estimate of drug-likeness (QED) is 0.924.